The third-order valence-corrected chi connectivity index (χ3v) is 6.71. The van der Waals surface area contributed by atoms with E-state index in [-0.39, 0.29) is 22.5 Å². The third-order valence-electron chi connectivity index (χ3n) is 5.40. The predicted octanol–water partition coefficient (Wildman–Crippen LogP) is 4.95. The normalized spacial score (nSPS) is 11.0. The molecule has 0 unspecified atom stereocenters. The molecule has 0 aliphatic heterocycles. The SMILES string of the molecule is Cc1c(NC(=O)CSC(c2ccccc2)c2ccccc2)c(=O)n(-c2ccccc2)n1C. The van der Waals surface area contributed by atoms with Crippen molar-refractivity contribution in [2.45, 2.75) is 12.2 Å². The van der Waals surface area contributed by atoms with Gasteiger partial charge in [-0.15, -0.1) is 11.8 Å². The van der Waals surface area contributed by atoms with Gasteiger partial charge in [0.1, 0.15) is 5.69 Å². The molecular weight excluding hydrogens is 418 g/mol. The summed E-state index contributed by atoms with van der Waals surface area (Å²) in [6, 6.07) is 29.7. The quantitative estimate of drug-likeness (QED) is 0.440. The number of amides is 1. The Morgan fingerprint density at radius 1 is 0.875 bits per heavy atom. The molecule has 0 saturated heterocycles. The molecule has 0 bridgehead atoms. The summed E-state index contributed by atoms with van der Waals surface area (Å²) in [7, 11) is 1.81. The Kier molecular flexibility index (Phi) is 6.61. The number of aromatic nitrogens is 2. The van der Waals surface area contributed by atoms with Crippen LogP contribution < -0.4 is 10.9 Å². The first-order valence-corrected chi connectivity index (χ1v) is 11.5. The minimum atomic E-state index is -0.239. The number of carbonyl (C=O) groups excluding carboxylic acids is 1. The fourth-order valence-corrected chi connectivity index (χ4v) is 4.78. The number of benzene rings is 3. The average Bonchev–Trinajstić information content (AvgIpc) is 3.04. The van der Waals surface area contributed by atoms with Gasteiger partial charge >= 0.3 is 0 Å². The van der Waals surface area contributed by atoms with Gasteiger partial charge < -0.3 is 5.32 Å². The zero-order valence-electron chi connectivity index (χ0n) is 18.1. The second-order valence-corrected chi connectivity index (χ2v) is 8.59. The highest BCUT2D eigenvalue weighted by molar-refractivity contribution is 8.00. The van der Waals surface area contributed by atoms with Crippen molar-refractivity contribution in [3.63, 3.8) is 0 Å². The Balaban J connectivity index is 1.53. The Morgan fingerprint density at radius 3 is 1.91 bits per heavy atom. The molecule has 1 N–H and O–H groups in total. The number of rotatable bonds is 7. The van der Waals surface area contributed by atoms with Crippen molar-refractivity contribution in [1.29, 1.82) is 0 Å². The van der Waals surface area contributed by atoms with E-state index in [1.807, 2.05) is 80.7 Å². The first-order valence-electron chi connectivity index (χ1n) is 10.4. The smallest absolute Gasteiger partial charge is 0.295 e. The summed E-state index contributed by atoms with van der Waals surface area (Å²) in [4.78, 5) is 25.9. The maximum Gasteiger partial charge on any atom is 0.295 e. The van der Waals surface area contributed by atoms with Crippen LogP contribution in [0.15, 0.2) is 95.8 Å². The van der Waals surface area contributed by atoms with Gasteiger partial charge in [0.2, 0.25) is 5.91 Å². The van der Waals surface area contributed by atoms with Gasteiger partial charge in [-0.3, -0.25) is 14.3 Å². The van der Waals surface area contributed by atoms with Crippen LogP contribution in [0.25, 0.3) is 5.69 Å². The molecule has 0 saturated carbocycles. The van der Waals surface area contributed by atoms with Gasteiger partial charge in [0.15, 0.2) is 0 Å². The summed E-state index contributed by atoms with van der Waals surface area (Å²) in [5.41, 5.74) is 3.82. The second-order valence-electron chi connectivity index (χ2n) is 7.50. The van der Waals surface area contributed by atoms with Crippen LogP contribution in [0.2, 0.25) is 0 Å². The minimum absolute atomic E-state index is 0.0287. The zero-order valence-corrected chi connectivity index (χ0v) is 18.9. The van der Waals surface area contributed by atoms with E-state index in [2.05, 4.69) is 29.6 Å². The molecule has 5 nitrogen and oxygen atoms in total. The Morgan fingerprint density at radius 2 is 1.38 bits per heavy atom. The first-order chi connectivity index (χ1) is 15.6. The van der Waals surface area contributed by atoms with Crippen LogP contribution in [0.5, 0.6) is 0 Å². The molecular formula is C26H25N3O2S. The summed E-state index contributed by atoms with van der Waals surface area (Å²) in [6.45, 7) is 1.83. The number of thioether (sulfide) groups is 1. The van der Waals surface area contributed by atoms with E-state index in [1.54, 1.807) is 21.1 Å². The van der Waals surface area contributed by atoms with Crippen LogP contribution in [0.3, 0.4) is 0 Å². The van der Waals surface area contributed by atoms with Crippen LogP contribution in [-0.2, 0) is 11.8 Å². The molecule has 32 heavy (non-hydrogen) atoms. The second kappa shape index (κ2) is 9.75. The Labute approximate surface area is 191 Å². The molecule has 0 fully saturated rings. The van der Waals surface area contributed by atoms with Crippen LogP contribution in [0.4, 0.5) is 5.69 Å². The van der Waals surface area contributed by atoms with Crippen molar-refractivity contribution in [3.05, 3.63) is 118 Å². The standard InChI is InChI=1S/C26H25N3O2S/c1-19-24(26(31)29(28(19)2)22-16-10-5-11-17-22)27-23(30)18-32-25(20-12-6-3-7-13-20)21-14-8-4-9-15-21/h3-17,25H,18H2,1-2H3,(H,27,30). The summed E-state index contributed by atoms with van der Waals surface area (Å²) in [5.74, 6) is 0.0333. The zero-order chi connectivity index (χ0) is 22.5. The molecule has 3 aromatic carbocycles. The lowest BCUT2D eigenvalue weighted by molar-refractivity contribution is -0.113. The average molecular weight is 444 g/mol. The summed E-state index contributed by atoms with van der Waals surface area (Å²) in [5, 5.41) is 2.88. The van der Waals surface area contributed by atoms with E-state index in [4.69, 9.17) is 0 Å². The van der Waals surface area contributed by atoms with E-state index in [1.165, 1.54) is 0 Å². The summed E-state index contributed by atoms with van der Waals surface area (Å²) in [6.07, 6.45) is 0. The number of anilines is 1. The van der Waals surface area contributed by atoms with Gasteiger partial charge in [0.25, 0.3) is 5.56 Å². The van der Waals surface area contributed by atoms with Gasteiger partial charge in [-0.05, 0) is 30.2 Å². The van der Waals surface area contributed by atoms with E-state index in [0.717, 1.165) is 16.8 Å². The molecule has 1 heterocycles. The monoisotopic (exact) mass is 443 g/mol. The number of hydrogen-bond donors (Lipinski definition) is 1. The predicted molar refractivity (Wildman–Crippen MR) is 132 cm³/mol. The summed E-state index contributed by atoms with van der Waals surface area (Å²) >= 11 is 1.55. The lowest BCUT2D eigenvalue weighted by atomic mass is 10.0. The minimum Gasteiger partial charge on any atom is -0.319 e. The fraction of sp³-hybridized carbons (Fsp3) is 0.154. The fourth-order valence-electron chi connectivity index (χ4n) is 3.69. The maximum atomic E-state index is 13.0. The molecule has 0 aliphatic rings. The van der Waals surface area contributed by atoms with Crippen molar-refractivity contribution < 1.29 is 4.79 Å². The highest BCUT2D eigenvalue weighted by atomic mass is 32.2. The molecule has 1 aromatic heterocycles. The molecule has 4 rings (SSSR count). The molecule has 4 aromatic rings. The molecule has 0 radical (unpaired) electrons. The highest BCUT2D eigenvalue weighted by Crippen LogP contribution is 2.35. The molecule has 0 aliphatic carbocycles. The third kappa shape index (κ3) is 4.55. The number of para-hydroxylation sites is 1. The van der Waals surface area contributed by atoms with Crippen molar-refractivity contribution in [2.75, 3.05) is 11.1 Å². The van der Waals surface area contributed by atoms with E-state index < -0.39 is 0 Å². The van der Waals surface area contributed by atoms with E-state index in [9.17, 15) is 9.59 Å². The Bertz CT molecular complexity index is 1210. The van der Waals surface area contributed by atoms with Crippen LogP contribution in [-0.4, -0.2) is 21.0 Å². The largest absolute Gasteiger partial charge is 0.319 e. The molecule has 162 valence electrons. The van der Waals surface area contributed by atoms with Gasteiger partial charge in [0, 0.05) is 7.05 Å². The van der Waals surface area contributed by atoms with Crippen LogP contribution in [0, 0.1) is 6.92 Å². The number of carbonyl (C=O) groups is 1. The van der Waals surface area contributed by atoms with Gasteiger partial charge in [0.05, 0.1) is 22.4 Å². The van der Waals surface area contributed by atoms with Crippen molar-refractivity contribution in [1.82, 2.24) is 9.36 Å². The van der Waals surface area contributed by atoms with E-state index >= 15 is 0 Å². The van der Waals surface area contributed by atoms with Gasteiger partial charge in [-0.25, -0.2) is 4.68 Å². The van der Waals surface area contributed by atoms with Crippen LogP contribution in [0.1, 0.15) is 22.1 Å². The number of hydrogen-bond acceptors (Lipinski definition) is 3. The van der Waals surface area contributed by atoms with E-state index in [0.29, 0.717) is 11.4 Å². The van der Waals surface area contributed by atoms with Gasteiger partial charge in [-0.2, -0.15) is 0 Å². The lowest BCUT2D eigenvalue weighted by Gasteiger charge is -2.17. The maximum absolute atomic E-state index is 13.0. The molecule has 0 spiro atoms. The number of nitrogens with one attached hydrogen (secondary N) is 1. The summed E-state index contributed by atoms with van der Waals surface area (Å²) < 4.78 is 3.33. The number of nitrogens with zero attached hydrogens (tertiary/aromatic N) is 2. The van der Waals surface area contributed by atoms with Gasteiger partial charge in [-0.1, -0.05) is 78.9 Å². The van der Waals surface area contributed by atoms with Crippen molar-refractivity contribution in [3.8, 4) is 5.69 Å². The first kappa shape index (κ1) is 21.7. The molecule has 6 heteroatoms. The molecule has 1 amide bonds. The van der Waals surface area contributed by atoms with Crippen LogP contribution >= 0.6 is 11.8 Å². The topological polar surface area (TPSA) is 56.0 Å². The van der Waals surface area contributed by atoms with Crippen molar-refractivity contribution >= 4 is 23.4 Å². The lowest BCUT2D eigenvalue weighted by Crippen LogP contribution is -2.23. The highest BCUT2D eigenvalue weighted by Gasteiger charge is 2.20. The molecule has 0 atom stereocenters. The van der Waals surface area contributed by atoms with Crippen molar-refractivity contribution in [2.24, 2.45) is 7.05 Å². The Hall–Kier alpha value is -3.51.